The van der Waals surface area contributed by atoms with E-state index in [1.165, 1.54) is 12.1 Å². The van der Waals surface area contributed by atoms with Gasteiger partial charge in [-0.05, 0) is 0 Å². The molecule has 3 heteroatoms. The second-order valence-corrected chi connectivity index (χ2v) is 6.18. The van der Waals surface area contributed by atoms with Crippen LogP contribution in [0.5, 0.6) is 0 Å². The Balaban J connectivity index is 2.23. The summed E-state index contributed by atoms with van der Waals surface area (Å²) in [6, 6.07) is 15.1. The van der Waals surface area contributed by atoms with Gasteiger partial charge >= 0.3 is 0 Å². The van der Waals surface area contributed by atoms with Crippen LogP contribution in [0, 0.1) is 5.41 Å². The molecule has 3 nitrogen and oxygen atoms in total. The first kappa shape index (κ1) is 15.8. The van der Waals surface area contributed by atoms with Gasteiger partial charge in [-0.1, -0.05) is 75.4 Å². The highest BCUT2D eigenvalue weighted by molar-refractivity contribution is 6.45. The first-order chi connectivity index (χ1) is 10.3. The maximum Gasteiger partial charge on any atom is 0.229 e. The van der Waals surface area contributed by atoms with Crippen LogP contribution in [0.3, 0.4) is 0 Å². The second-order valence-electron chi connectivity index (χ2n) is 6.18. The predicted molar refractivity (Wildman–Crippen MR) is 85.1 cm³/mol. The van der Waals surface area contributed by atoms with E-state index in [2.05, 4.69) is 0 Å². The summed E-state index contributed by atoms with van der Waals surface area (Å²) in [7, 11) is 0. The Labute approximate surface area is 130 Å². The summed E-state index contributed by atoms with van der Waals surface area (Å²) in [4.78, 5) is 36.4. The van der Waals surface area contributed by atoms with Crippen LogP contribution in [-0.2, 0) is 4.79 Å². The van der Waals surface area contributed by atoms with Crippen molar-refractivity contribution in [3.63, 3.8) is 0 Å². The molecule has 0 aliphatic carbocycles. The summed E-state index contributed by atoms with van der Waals surface area (Å²) in [5.74, 6) is -1.07. The smallest absolute Gasteiger partial charge is 0.229 e. The lowest BCUT2D eigenvalue weighted by Crippen LogP contribution is -2.28. The Morgan fingerprint density at radius 1 is 0.682 bits per heavy atom. The molecule has 2 rings (SSSR count). The average molecular weight is 294 g/mol. The summed E-state index contributed by atoms with van der Waals surface area (Å²) >= 11 is 0. The summed E-state index contributed by atoms with van der Waals surface area (Å²) in [6.45, 7) is 5.13. The Morgan fingerprint density at radius 3 is 1.64 bits per heavy atom. The monoisotopic (exact) mass is 294 g/mol. The Kier molecular flexibility index (Phi) is 4.36. The van der Waals surface area contributed by atoms with Crippen molar-refractivity contribution >= 4 is 17.3 Å². The van der Waals surface area contributed by atoms with E-state index < -0.39 is 17.0 Å². The third kappa shape index (κ3) is 3.37. The zero-order valence-electron chi connectivity index (χ0n) is 12.9. The normalized spacial score (nSPS) is 11.0. The van der Waals surface area contributed by atoms with E-state index in [1.54, 1.807) is 57.2 Å². The summed E-state index contributed by atoms with van der Waals surface area (Å²) in [5, 5.41) is 0. The van der Waals surface area contributed by atoms with E-state index in [-0.39, 0.29) is 5.78 Å². The predicted octanol–water partition coefficient (Wildman–Crippen LogP) is 3.72. The average Bonchev–Trinajstić information content (AvgIpc) is 2.53. The molecule has 22 heavy (non-hydrogen) atoms. The fourth-order valence-corrected chi connectivity index (χ4v) is 2.00. The number of hydrogen-bond donors (Lipinski definition) is 0. The van der Waals surface area contributed by atoms with Gasteiger partial charge in [-0.3, -0.25) is 14.4 Å². The van der Waals surface area contributed by atoms with Crippen LogP contribution in [0.15, 0.2) is 54.6 Å². The summed E-state index contributed by atoms with van der Waals surface area (Å²) in [6.07, 6.45) is 0. The minimum atomic E-state index is -0.713. The highest BCUT2D eigenvalue weighted by Crippen LogP contribution is 2.19. The Bertz CT molecular complexity index is 705. The van der Waals surface area contributed by atoms with Gasteiger partial charge in [0.1, 0.15) is 0 Å². The number of benzene rings is 2. The highest BCUT2D eigenvalue weighted by atomic mass is 16.2. The molecule has 0 aliphatic heterocycles. The van der Waals surface area contributed by atoms with Crippen LogP contribution in [0.2, 0.25) is 0 Å². The maximum atomic E-state index is 12.3. The van der Waals surface area contributed by atoms with Crippen molar-refractivity contribution in [1.29, 1.82) is 0 Å². The van der Waals surface area contributed by atoms with Crippen LogP contribution in [0.1, 0.15) is 47.1 Å². The summed E-state index contributed by atoms with van der Waals surface area (Å²) < 4.78 is 0. The minimum absolute atomic E-state index is 0.109. The molecule has 112 valence electrons. The molecule has 0 spiro atoms. The topological polar surface area (TPSA) is 51.2 Å². The van der Waals surface area contributed by atoms with E-state index in [9.17, 15) is 14.4 Å². The van der Waals surface area contributed by atoms with Crippen LogP contribution < -0.4 is 0 Å². The summed E-state index contributed by atoms with van der Waals surface area (Å²) in [5.41, 5.74) is 0.679. The van der Waals surface area contributed by atoms with Gasteiger partial charge < -0.3 is 0 Å². The van der Waals surface area contributed by atoms with Gasteiger partial charge in [0.05, 0.1) is 0 Å². The van der Waals surface area contributed by atoms with Crippen LogP contribution in [-0.4, -0.2) is 17.3 Å². The lowest BCUT2D eigenvalue weighted by atomic mass is 9.86. The molecule has 0 aliphatic rings. The molecule has 0 saturated heterocycles. The van der Waals surface area contributed by atoms with E-state index in [0.29, 0.717) is 16.7 Å². The minimum Gasteiger partial charge on any atom is -0.290 e. The molecule has 0 aromatic heterocycles. The first-order valence-electron chi connectivity index (χ1n) is 7.09. The van der Waals surface area contributed by atoms with Gasteiger partial charge in [-0.25, -0.2) is 0 Å². The molecule has 0 fully saturated rings. The van der Waals surface area contributed by atoms with Gasteiger partial charge in [0.2, 0.25) is 11.6 Å². The molecule has 0 radical (unpaired) electrons. The van der Waals surface area contributed by atoms with E-state index in [1.807, 2.05) is 6.07 Å². The molecule has 0 heterocycles. The number of hydrogen-bond acceptors (Lipinski definition) is 3. The zero-order valence-corrected chi connectivity index (χ0v) is 12.9. The molecule has 2 aromatic rings. The van der Waals surface area contributed by atoms with Gasteiger partial charge in [-0.2, -0.15) is 0 Å². The number of ketones is 3. The molecule has 0 N–H and O–H groups in total. The number of rotatable bonds is 4. The van der Waals surface area contributed by atoms with E-state index in [0.717, 1.165) is 0 Å². The van der Waals surface area contributed by atoms with Crippen molar-refractivity contribution in [3.05, 3.63) is 71.3 Å². The van der Waals surface area contributed by atoms with Gasteiger partial charge in [0.15, 0.2) is 5.78 Å². The third-order valence-corrected chi connectivity index (χ3v) is 3.33. The molecule has 0 saturated carbocycles. The quantitative estimate of drug-likeness (QED) is 0.638. The van der Waals surface area contributed by atoms with E-state index >= 15 is 0 Å². The largest absolute Gasteiger partial charge is 0.290 e. The molecule has 0 atom stereocenters. The van der Waals surface area contributed by atoms with Crippen molar-refractivity contribution in [2.24, 2.45) is 5.41 Å². The molecular formula is C19H18O3. The standard InChI is InChI=1S/C19H18O3/c1-19(2,3)18(22)17(21)15-11-9-14(10-12-15)16(20)13-7-5-4-6-8-13/h4-12H,1-3H3. The fraction of sp³-hybridized carbons (Fsp3) is 0.211. The second kappa shape index (κ2) is 6.06. The SMILES string of the molecule is CC(C)(C)C(=O)C(=O)c1ccc(C(=O)c2ccccc2)cc1. The van der Waals surface area contributed by atoms with Crippen molar-refractivity contribution < 1.29 is 14.4 Å². The van der Waals surface area contributed by atoms with Gasteiger partial charge in [0.25, 0.3) is 0 Å². The van der Waals surface area contributed by atoms with E-state index in [4.69, 9.17) is 0 Å². The molecule has 2 aromatic carbocycles. The van der Waals surface area contributed by atoms with Crippen molar-refractivity contribution in [3.8, 4) is 0 Å². The van der Waals surface area contributed by atoms with Gasteiger partial charge in [-0.15, -0.1) is 0 Å². The van der Waals surface area contributed by atoms with Crippen LogP contribution >= 0.6 is 0 Å². The lowest BCUT2D eigenvalue weighted by molar-refractivity contribution is -0.121. The van der Waals surface area contributed by atoms with Gasteiger partial charge in [0, 0.05) is 22.1 Å². The van der Waals surface area contributed by atoms with Crippen molar-refractivity contribution in [1.82, 2.24) is 0 Å². The van der Waals surface area contributed by atoms with Crippen LogP contribution in [0.4, 0.5) is 0 Å². The molecule has 0 amide bonds. The van der Waals surface area contributed by atoms with Crippen LogP contribution in [0.25, 0.3) is 0 Å². The lowest BCUT2D eigenvalue weighted by Gasteiger charge is -2.15. The Morgan fingerprint density at radius 2 is 1.14 bits per heavy atom. The fourth-order valence-electron chi connectivity index (χ4n) is 2.00. The highest BCUT2D eigenvalue weighted by Gasteiger charge is 2.28. The van der Waals surface area contributed by atoms with Crippen molar-refractivity contribution in [2.75, 3.05) is 0 Å². The molecule has 0 bridgehead atoms. The number of carbonyl (C=O) groups is 3. The molecule has 0 unspecified atom stereocenters. The zero-order chi connectivity index (χ0) is 16.3. The third-order valence-electron chi connectivity index (χ3n) is 3.33. The number of carbonyl (C=O) groups excluding carboxylic acids is 3. The maximum absolute atomic E-state index is 12.3. The molecular weight excluding hydrogens is 276 g/mol. The first-order valence-corrected chi connectivity index (χ1v) is 7.09. The number of Topliss-reactive ketones (excluding diaryl/α,β-unsaturated/α-hetero) is 2. The Hall–Kier alpha value is -2.55. The van der Waals surface area contributed by atoms with Crippen molar-refractivity contribution in [2.45, 2.75) is 20.8 Å².